The first-order valence-corrected chi connectivity index (χ1v) is 14.5. The van der Waals surface area contributed by atoms with Crippen molar-refractivity contribution in [1.29, 1.82) is 10.5 Å². The van der Waals surface area contributed by atoms with Crippen LogP contribution < -0.4 is 21.3 Å². The zero-order valence-electron chi connectivity index (χ0n) is 23.3. The molecule has 0 saturated carbocycles. The van der Waals surface area contributed by atoms with Crippen LogP contribution in [0.3, 0.4) is 0 Å². The van der Waals surface area contributed by atoms with Crippen LogP contribution in [0.5, 0.6) is 0 Å². The van der Waals surface area contributed by atoms with Crippen molar-refractivity contribution in [2.45, 2.75) is 0 Å². The highest BCUT2D eigenvalue weighted by molar-refractivity contribution is 7.00. The lowest BCUT2D eigenvalue weighted by atomic mass is 9.33. The molecule has 4 nitrogen and oxygen atoms in total. The van der Waals surface area contributed by atoms with Crippen molar-refractivity contribution in [3.8, 4) is 29.0 Å². The second-order valence-electron chi connectivity index (χ2n) is 11.3. The summed E-state index contributed by atoms with van der Waals surface area (Å²) in [7, 11) is 0. The molecular formula is C38H20BFN4. The van der Waals surface area contributed by atoms with Gasteiger partial charge in [-0.25, -0.2) is 4.39 Å². The van der Waals surface area contributed by atoms with Crippen molar-refractivity contribution >= 4 is 62.0 Å². The van der Waals surface area contributed by atoms with Crippen LogP contribution >= 0.6 is 0 Å². The van der Waals surface area contributed by atoms with E-state index in [0.29, 0.717) is 11.1 Å². The molecule has 0 amide bonds. The molecule has 202 valence electrons. The topological polar surface area (TPSA) is 55.8 Å². The van der Waals surface area contributed by atoms with E-state index in [9.17, 15) is 14.9 Å². The van der Waals surface area contributed by atoms with Gasteiger partial charge < -0.3 is 9.47 Å². The van der Waals surface area contributed by atoms with E-state index >= 15 is 0 Å². The monoisotopic (exact) mass is 562 g/mol. The number of hydrogen-bond acceptors (Lipinski definition) is 3. The molecular weight excluding hydrogens is 542 g/mol. The Bertz CT molecular complexity index is 2410. The first kappa shape index (κ1) is 24.5. The molecule has 0 spiro atoms. The van der Waals surface area contributed by atoms with Gasteiger partial charge in [0, 0.05) is 44.6 Å². The van der Waals surface area contributed by atoms with Gasteiger partial charge in [-0.3, -0.25) is 0 Å². The summed E-state index contributed by atoms with van der Waals surface area (Å²) < 4.78 is 16.9. The summed E-state index contributed by atoms with van der Waals surface area (Å²) in [5.74, 6) is -0.604. The second-order valence-corrected chi connectivity index (χ2v) is 11.3. The number of para-hydroxylation sites is 4. The Morgan fingerprint density at radius 1 is 0.614 bits per heavy atom. The largest absolute Gasteiger partial charge is 0.311 e. The Balaban J connectivity index is 1.50. The average Bonchev–Trinajstić information content (AvgIpc) is 3.41. The van der Waals surface area contributed by atoms with Crippen molar-refractivity contribution in [3.63, 3.8) is 0 Å². The molecule has 6 aromatic carbocycles. The van der Waals surface area contributed by atoms with Gasteiger partial charge in [0.25, 0.3) is 6.71 Å². The molecule has 0 N–H and O–H groups in total. The van der Waals surface area contributed by atoms with Crippen LogP contribution in [0.15, 0.2) is 121 Å². The summed E-state index contributed by atoms with van der Waals surface area (Å²) in [6, 6.07) is 44.7. The molecule has 9 rings (SSSR count). The SMILES string of the molecule is N#Cc1cc(F)cc(C#N)c1-c1cc2c3c(c1)-n1c4ccccc4c4cccc(c41)B3c1ccccc1N2c1ccccc1. The summed E-state index contributed by atoms with van der Waals surface area (Å²) in [4.78, 5) is 2.27. The highest BCUT2D eigenvalue weighted by Gasteiger charge is 2.42. The number of hydrogen-bond donors (Lipinski definition) is 0. The third-order valence-corrected chi connectivity index (χ3v) is 9.08. The summed E-state index contributed by atoms with van der Waals surface area (Å²) in [6.07, 6.45) is 0. The highest BCUT2D eigenvalue weighted by atomic mass is 19.1. The number of benzene rings is 6. The number of fused-ring (bicyclic) bond motifs is 7. The standard InChI is InChI=1S/C38H20BFN4/c40-26-17-24(21-41)36(25(18-26)22-42)23-19-34-37-35(20-23)44-32-15-6-4-11-28(32)29-12-8-14-31(38(29)44)39(37)30-13-5-7-16-33(30)43(34)27-9-2-1-3-10-27/h1-20H. The van der Waals surface area contributed by atoms with Gasteiger partial charge in [0.2, 0.25) is 0 Å². The van der Waals surface area contributed by atoms with E-state index in [2.05, 4.69) is 113 Å². The number of aromatic nitrogens is 1. The quantitative estimate of drug-likeness (QED) is 0.215. The van der Waals surface area contributed by atoms with Gasteiger partial charge in [-0.15, -0.1) is 0 Å². The van der Waals surface area contributed by atoms with Crippen LogP contribution in [0, 0.1) is 28.5 Å². The molecule has 0 saturated heterocycles. The van der Waals surface area contributed by atoms with Crippen LogP contribution in [-0.4, -0.2) is 11.3 Å². The van der Waals surface area contributed by atoms with E-state index in [1.54, 1.807) is 0 Å². The molecule has 2 aliphatic heterocycles. The molecule has 3 heterocycles. The summed E-state index contributed by atoms with van der Waals surface area (Å²) in [5.41, 5.74) is 11.2. The third-order valence-electron chi connectivity index (χ3n) is 9.08. The number of halogens is 1. The molecule has 44 heavy (non-hydrogen) atoms. The van der Waals surface area contributed by atoms with E-state index in [4.69, 9.17) is 0 Å². The van der Waals surface area contributed by atoms with E-state index in [0.717, 1.165) is 44.6 Å². The fourth-order valence-electron chi connectivity index (χ4n) is 7.45. The first-order valence-electron chi connectivity index (χ1n) is 14.5. The fourth-order valence-corrected chi connectivity index (χ4v) is 7.45. The Morgan fingerprint density at radius 3 is 2.07 bits per heavy atom. The van der Waals surface area contributed by atoms with Crippen LogP contribution in [0.2, 0.25) is 0 Å². The molecule has 0 atom stereocenters. The van der Waals surface area contributed by atoms with Crippen molar-refractivity contribution in [3.05, 3.63) is 138 Å². The maximum Gasteiger partial charge on any atom is 0.252 e. The molecule has 7 aromatic rings. The smallest absolute Gasteiger partial charge is 0.252 e. The average molecular weight is 562 g/mol. The van der Waals surface area contributed by atoms with Crippen molar-refractivity contribution < 1.29 is 4.39 Å². The molecule has 0 fully saturated rings. The van der Waals surface area contributed by atoms with E-state index in [-0.39, 0.29) is 17.8 Å². The zero-order chi connectivity index (χ0) is 29.5. The van der Waals surface area contributed by atoms with Gasteiger partial charge in [0.1, 0.15) is 5.82 Å². The predicted molar refractivity (Wildman–Crippen MR) is 175 cm³/mol. The minimum Gasteiger partial charge on any atom is -0.311 e. The van der Waals surface area contributed by atoms with Crippen LogP contribution in [0.1, 0.15) is 11.1 Å². The maximum absolute atomic E-state index is 14.6. The lowest BCUT2D eigenvalue weighted by Gasteiger charge is -2.40. The van der Waals surface area contributed by atoms with Crippen LogP contribution in [0.4, 0.5) is 21.5 Å². The number of nitriles is 2. The Morgan fingerprint density at radius 2 is 1.27 bits per heavy atom. The Hall–Kier alpha value is -6.11. The van der Waals surface area contributed by atoms with Crippen molar-refractivity contribution in [1.82, 2.24) is 4.57 Å². The van der Waals surface area contributed by atoms with Gasteiger partial charge in [0.15, 0.2) is 0 Å². The van der Waals surface area contributed by atoms with E-state index in [1.807, 2.05) is 18.2 Å². The van der Waals surface area contributed by atoms with Crippen LogP contribution in [-0.2, 0) is 0 Å². The highest BCUT2D eigenvalue weighted by Crippen LogP contribution is 2.43. The van der Waals surface area contributed by atoms with Gasteiger partial charge in [-0.05, 0) is 70.5 Å². The fraction of sp³-hybridized carbons (Fsp3) is 0. The number of nitrogens with zero attached hydrogens (tertiary/aromatic N) is 4. The maximum atomic E-state index is 14.6. The van der Waals surface area contributed by atoms with E-state index in [1.165, 1.54) is 28.4 Å². The lowest BCUT2D eigenvalue weighted by molar-refractivity contribution is 0.627. The van der Waals surface area contributed by atoms with Crippen molar-refractivity contribution in [2.75, 3.05) is 4.90 Å². The summed E-state index contributed by atoms with van der Waals surface area (Å²) >= 11 is 0. The summed E-state index contributed by atoms with van der Waals surface area (Å²) in [6.45, 7) is -0.0372. The Labute approximate surface area is 253 Å². The molecule has 0 bridgehead atoms. The minimum absolute atomic E-state index is 0.0372. The molecule has 0 radical (unpaired) electrons. The van der Waals surface area contributed by atoms with Gasteiger partial charge >= 0.3 is 0 Å². The van der Waals surface area contributed by atoms with E-state index < -0.39 is 5.82 Å². The number of anilines is 3. The van der Waals surface area contributed by atoms with Crippen molar-refractivity contribution in [2.24, 2.45) is 0 Å². The molecule has 0 unspecified atom stereocenters. The normalized spacial score (nSPS) is 12.5. The van der Waals surface area contributed by atoms with Gasteiger partial charge in [-0.1, -0.05) is 72.8 Å². The Kier molecular flexibility index (Phi) is 4.98. The number of rotatable bonds is 2. The molecule has 1 aromatic heterocycles. The second kappa shape index (κ2) is 8.95. The third kappa shape index (κ3) is 3.14. The lowest BCUT2D eigenvalue weighted by Crippen LogP contribution is -2.60. The molecule has 0 aliphatic carbocycles. The van der Waals surface area contributed by atoms with Gasteiger partial charge in [-0.2, -0.15) is 10.5 Å². The zero-order valence-corrected chi connectivity index (χ0v) is 23.3. The van der Waals surface area contributed by atoms with Crippen LogP contribution in [0.25, 0.3) is 38.6 Å². The summed E-state index contributed by atoms with van der Waals surface area (Å²) in [5, 5.41) is 22.6. The molecule has 6 heteroatoms. The van der Waals surface area contributed by atoms with Gasteiger partial charge in [0.05, 0.1) is 28.8 Å². The first-order chi connectivity index (χ1) is 21.7. The predicted octanol–water partition coefficient (Wildman–Crippen LogP) is 6.95. The molecule has 2 aliphatic rings. The minimum atomic E-state index is -0.604.